The Labute approximate surface area is 189 Å². The monoisotopic (exact) mass is 508 g/mol. The molecule has 1 aromatic heterocycles. The Morgan fingerprint density at radius 3 is 2.72 bits per heavy atom. The number of halogens is 1. The summed E-state index contributed by atoms with van der Waals surface area (Å²) in [5, 5.41) is 17.1. The number of aliphatic imine (C=N–C) groups is 1. The first-order valence-corrected chi connectivity index (χ1v) is 9.80. The van der Waals surface area contributed by atoms with Crippen LogP contribution in [-0.4, -0.2) is 40.4 Å². The van der Waals surface area contributed by atoms with Crippen molar-refractivity contribution < 1.29 is 4.74 Å². The molecule has 0 saturated heterocycles. The predicted octanol–water partition coefficient (Wildman–Crippen LogP) is 3.59. The van der Waals surface area contributed by atoms with E-state index in [-0.39, 0.29) is 24.0 Å². The molecule has 2 N–H and O–H groups in total. The molecule has 156 valence electrons. The van der Waals surface area contributed by atoms with E-state index in [1.165, 1.54) is 10.8 Å². The summed E-state index contributed by atoms with van der Waals surface area (Å²) in [6.07, 6.45) is 2.61. The molecule has 0 aliphatic carbocycles. The normalized spacial score (nSPS) is 11.2. The van der Waals surface area contributed by atoms with Crippen LogP contribution in [0.15, 0.2) is 53.8 Å². The van der Waals surface area contributed by atoms with E-state index in [9.17, 15) is 0 Å². The lowest BCUT2D eigenvalue weighted by Gasteiger charge is -2.12. The van der Waals surface area contributed by atoms with Gasteiger partial charge in [0.05, 0.1) is 6.61 Å². The summed E-state index contributed by atoms with van der Waals surface area (Å²) in [6.45, 7) is 7.68. The molecule has 0 atom stereocenters. The van der Waals surface area contributed by atoms with Crippen LogP contribution in [0.5, 0.6) is 5.75 Å². The summed E-state index contributed by atoms with van der Waals surface area (Å²) < 4.78 is 7.87. The van der Waals surface area contributed by atoms with Gasteiger partial charge >= 0.3 is 0 Å². The zero-order valence-electron chi connectivity index (χ0n) is 17.0. The van der Waals surface area contributed by atoms with Crippen LogP contribution in [0.25, 0.3) is 10.8 Å². The molecule has 0 bridgehead atoms. The molecule has 0 fully saturated rings. The second-order valence-electron chi connectivity index (χ2n) is 6.37. The highest BCUT2D eigenvalue weighted by molar-refractivity contribution is 14.0. The minimum absolute atomic E-state index is 0. The lowest BCUT2D eigenvalue weighted by molar-refractivity contribution is 0.311. The van der Waals surface area contributed by atoms with Gasteiger partial charge in [-0.2, -0.15) is 0 Å². The van der Waals surface area contributed by atoms with Crippen LogP contribution in [0.2, 0.25) is 0 Å². The van der Waals surface area contributed by atoms with Crippen molar-refractivity contribution in [3.63, 3.8) is 0 Å². The average Bonchev–Trinajstić information content (AvgIpc) is 3.19. The number of hydrogen-bond acceptors (Lipinski definition) is 4. The van der Waals surface area contributed by atoms with E-state index in [1.807, 2.05) is 22.8 Å². The minimum Gasteiger partial charge on any atom is -0.494 e. The van der Waals surface area contributed by atoms with E-state index in [2.05, 4.69) is 63.9 Å². The fraction of sp³-hybridized carbons (Fsp3) is 0.381. The molecule has 8 heteroatoms. The first-order chi connectivity index (χ1) is 13.8. The highest BCUT2D eigenvalue weighted by Crippen LogP contribution is 2.20. The molecule has 0 saturated carbocycles. The minimum atomic E-state index is 0. The van der Waals surface area contributed by atoms with Gasteiger partial charge in [0.15, 0.2) is 11.8 Å². The second kappa shape index (κ2) is 12.3. The molecule has 3 rings (SSSR count). The van der Waals surface area contributed by atoms with Crippen LogP contribution in [0.3, 0.4) is 0 Å². The molecule has 7 nitrogen and oxygen atoms in total. The zero-order chi connectivity index (χ0) is 19.6. The maximum atomic E-state index is 5.88. The summed E-state index contributed by atoms with van der Waals surface area (Å²) in [6, 6.07) is 14.5. The van der Waals surface area contributed by atoms with Gasteiger partial charge in [-0.15, -0.1) is 34.2 Å². The van der Waals surface area contributed by atoms with Gasteiger partial charge in [-0.1, -0.05) is 30.3 Å². The number of rotatable bonds is 9. The number of aromatic nitrogens is 3. The van der Waals surface area contributed by atoms with Gasteiger partial charge < -0.3 is 19.9 Å². The van der Waals surface area contributed by atoms with E-state index in [0.717, 1.165) is 43.6 Å². The maximum absolute atomic E-state index is 5.88. The number of benzene rings is 2. The van der Waals surface area contributed by atoms with Gasteiger partial charge in [0.1, 0.15) is 18.6 Å². The van der Waals surface area contributed by atoms with Crippen LogP contribution >= 0.6 is 24.0 Å². The molecule has 0 spiro atoms. The van der Waals surface area contributed by atoms with Gasteiger partial charge in [0, 0.05) is 19.6 Å². The zero-order valence-corrected chi connectivity index (χ0v) is 19.3. The first-order valence-electron chi connectivity index (χ1n) is 9.80. The lowest BCUT2D eigenvalue weighted by atomic mass is 10.1. The van der Waals surface area contributed by atoms with Crippen molar-refractivity contribution in [1.82, 2.24) is 25.4 Å². The molecular formula is C21H29IN6O. The highest BCUT2D eigenvalue weighted by Gasteiger charge is 2.03. The third-order valence-electron chi connectivity index (χ3n) is 4.36. The number of nitrogens with one attached hydrogen (secondary N) is 2. The molecule has 1 heterocycles. The largest absolute Gasteiger partial charge is 0.494 e. The quantitative estimate of drug-likeness (QED) is 0.200. The smallest absolute Gasteiger partial charge is 0.191 e. The summed E-state index contributed by atoms with van der Waals surface area (Å²) in [5.74, 6) is 2.54. The Morgan fingerprint density at radius 1 is 1.10 bits per heavy atom. The van der Waals surface area contributed by atoms with Crippen LogP contribution in [0.1, 0.15) is 26.1 Å². The fourth-order valence-electron chi connectivity index (χ4n) is 2.88. The SMILES string of the molecule is CCNC(=NCc1nncn1CC)NCCCOc1ccc2ccccc2c1.I. The number of guanidine groups is 1. The van der Waals surface area contributed by atoms with Gasteiger partial charge in [-0.3, -0.25) is 0 Å². The van der Waals surface area contributed by atoms with Crippen LogP contribution in [-0.2, 0) is 13.1 Å². The Hall–Kier alpha value is -2.36. The Kier molecular flexibility index (Phi) is 9.69. The van der Waals surface area contributed by atoms with E-state index in [0.29, 0.717) is 13.2 Å². The van der Waals surface area contributed by atoms with Crippen molar-refractivity contribution in [3.05, 3.63) is 54.6 Å². The van der Waals surface area contributed by atoms with Gasteiger partial charge in [-0.25, -0.2) is 4.99 Å². The van der Waals surface area contributed by atoms with Gasteiger partial charge in [0.25, 0.3) is 0 Å². The number of hydrogen-bond donors (Lipinski definition) is 2. The van der Waals surface area contributed by atoms with Crippen molar-refractivity contribution in [2.24, 2.45) is 4.99 Å². The van der Waals surface area contributed by atoms with Crippen LogP contribution in [0, 0.1) is 0 Å². The lowest BCUT2D eigenvalue weighted by Crippen LogP contribution is -2.38. The predicted molar refractivity (Wildman–Crippen MR) is 128 cm³/mol. The third kappa shape index (κ3) is 6.88. The molecule has 0 amide bonds. The number of fused-ring (bicyclic) bond motifs is 1. The molecule has 0 radical (unpaired) electrons. The summed E-state index contributed by atoms with van der Waals surface area (Å²) in [4.78, 5) is 4.58. The Morgan fingerprint density at radius 2 is 1.93 bits per heavy atom. The number of nitrogens with zero attached hydrogens (tertiary/aromatic N) is 4. The Bertz CT molecular complexity index is 911. The van der Waals surface area contributed by atoms with Crippen molar-refractivity contribution >= 4 is 40.7 Å². The van der Waals surface area contributed by atoms with Crippen molar-refractivity contribution in [2.45, 2.75) is 33.4 Å². The highest BCUT2D eigenvalue weighted by atomic mass is 127. The standard InChI is InChI=1S/C21H28N6O.HI/c1-3-22-21(24-15-20-26-25-16-27(20)4-2)23-12-7-13-28-19-11-10-17-8-5-6-9-18(17)14-19;/h5-6,8-11,14,16H,3-4,7,12-13,15H2,1-2H3,(H2,22,23,24);1H. The number of ether oxygens (including phenoxy) is 1. The molecule has 0 aliphatic heterocycles. The summed E-state index contributed by atoms with van der Waals surface area (Å²) >= 11 is 0. The Balaban J connectivity index is 0.00000300. The average molecular weight is 508 g/mol. The fourth-order valence-corrected chi connectivity index (χ4v) is 2.88. The van der Waals surface area contributed by atoms with E-state index < -0.39 is 0 Å². The molecule has 3 aromatic rings. The molecule has 0 unspecified atom stereocenters. The van der Waals surface area contributed by atoms with E-state index in [1.54, 1.807) is 6.33 Å². The summed E-state index contributed by atoms with van der Waals surface area (Å²) in [7, 11) is 0. The topological polar surface area (TPSA) is 76.4 Å². The van der Waals surface area contributed by atoms with Crippen LogP contribution < -0.4 is 15.4 Å². The van der Waals surface area contributed by atoms with Crippen molar-refractivity contribution in [3.8, 4) is 5.75 Å². The van der Waals surface area contributed by atoms with E-state index >= 15 is 0 Å². The number of aryl methyl sites for hydroxylation is 1. The molecular weight excluding hydrogens is 479 g/mol. The molecule has 29 heavy (non-hydrogen) atoms. The van der Waals surface area contributed by atoms with Gasteiger partial charge in [0.2, 0.25) is 0 Å². The molecule has 2 aromatic carbocycles. The van der Waals surface area contributed by atoms with Crippen molar-refractivity contribution in [2.75, 3.05) is 19.7 Å². The molecule has 0 aliphatic rings. The van der Waals surface area contributed by atoms with E-state index in [4.69, 9.17) is 4.74 Å². The van der Waals surface area contributed by atoms with Crippen molar-refractivity contribution in [1.29, 1.82) is 0 Å². The first kappa shape index (κ1) is 22.9. The van der Waals surface area contributed by atoms with Crippen LogP contribution in [0.4, 0.5) is 0 Å². The second-order valence-corrected chi connectivity index (χ2v) is 6.37. The summed E-state index contributed by atoms with van der Waals surface area (Å²) in [5.41, 5.74) is 0. The third-order valence-corrected chi connectivity index (χ3v) is 4.36. The maximum Gasteiger partial charge on any atom is 0.191 e. The van der Waals surface area contributed by atoms with Gasteiger partial charge in [-0.05, 0) is 43.2 Å².